The van der Waals surface area contributed by atoms with Gasteiger partial charge in [-0.15, -0.1) is 15.3 Å². The second kappa shape index (κ2) is 3.82. The number of fused-ring (bicyclic) bond motifs is 1. The van der Waals surface area contributed by atoms with Crippen LogP contribution < -0.4 is 11.1 Å². The van der Waals surface area contributed by atoms with Crippen molar-refractivity contribution in [3.8, 4) is 0 Å². The van der Waals surface area contributed by atoms with E-state index in [2.05, 4.69) is 34.5 Å². The van der Waals surface area contributed by atoms with Crippen LogP contribution in [0.1, 0.15) is 19.7 Å². The Hall–Kier alpha value is -1.69. The van der Waals surface area contributed by atoms with Gasteiger partial charge in [-0.25, -0.2) is 0 Å². The second-order valence-corrected chi connectivity index (χ2v) is 3.61. The van der Waals surface area contributed by atoms with Crippen LogP contribution in [0.4, 0.5) is 5.82 Å². The second-order valence-electron chi connectivity index (χ2n) is 3.61. The maximum absolute atomic E-state index is 5.53. The third kappa shape index (κ3) is 1.89. The van der Waals surface area contributed by atoms with E-state index in [0.717, 1.165) is 5.82 Å². The minimum absolute atomic E-state index is 0.333. The first-order valence-electron chi connectivity index (χ1n) is 4.88. The summed E-state index contributed by atoms with van der Waals surface area (Å²) in [5.74, 6) is 1.46. The maximum atomic E-state index is 5.53. The van der Waals surface area contributed by atoms with Gasteiger partial charge < -0.3 is 11.1 Å². The van der Waals surface area contributed by atoms with Crippen LogP contribution >= 0.6 is 0 Å². The Bertz CT molecular complexity index is 461. The third-order valence-corrected chi connectivity index (χ3v) is 1.95. The van der Waals surface area contributed by atoms with Gasteiger partial charge in [0.2, 0.25) is 0 Å². The number of anilines is 1. The van der Waals surface area contributed by atoms with Crippen molar-refractivity contribution in [3.63, 3.8) is 0 Å². The summed E-state index contributed by atoms with van der Waals surface area (Å²) in [5, 5.41) is 15.4. The van der Waals surface area contributed by atoms with Gasteiger partial charge in [-0.1, -0.05) is 0 Å². The monoisotopic (exact) mass is 206 g/mol. The average Bonchev–Trinajstić information content (AvgIpc) is 2.59. The first-order chi connectivity index (χ1) is 7.20. The fraction of sp³-hybridized carbons (Fsp3) is 0.444. The van der Waals surface area contributed by atoms with E-state index in [1.165, 1.54) is 0 Å². The number of nitrogens with two attached hydrogens (primary N) is 1. The lowest BCUT2D eigenvalue weighted by molar-refractivity contribution is 0.796. The van der Waals surface area contributed by atoms with Gasteiger partial charge in [0.25, 0.3) is 0 Å². The summed E-state index contributed by atoms with van der Waals surface area (Å²) in [4.78, 5) is 0. The van der Waals surface area contributed by atoms with Gasteiger partial charge in [-0.3, -0.25) is 0 Å². The molecule has 0 aromatic carbocycles. The highest BCUT2D eigenvalue weighted by molar-refractivity contribution is 5.44. The van der Waals surface area contributed by atoms with Crippen LogP contribution in [0.3, 0.4) is 0 Å². The lowest BCUT2D eigenvalue weighted by atomic mass is 10.4. The molecule has 0 aliphatic heterocycles. The van der Waals surface area contributed by atoms with Crippen LogP contribution in [0.5, 0.6) is 0 Å². The molecular weight excluding hydrogens is 192 g/mol. The van der Waals surface area contributed by atoms with Crippen LogP contribution in [0.2, 0.25) is 0 Å². The van der Waals surface area contributed by atoms with E-state index in [1.54, 1.807) is 4.52 Å². The molecule has 2 rings (SSSR count). The lowest BCUT2D eigenvalue weighted by Gasteiger charge is -2.08. The molecule has 0 radical (unpaired) electrons. The van der Waals surface area contributed by atoms with E-state index in [4.69, 9.17) is 5.73 Å². The first kappa shape index (κ1) is 9.85. The Kier molecular flexibility index (Phi) is 2.51. The number of aromatic nitrogens is 4. The molecule has 3 N–H and O–H groups in total. The summed E-state index contributed by atoms with van der Waals surface area (Å²) >= 11 is 0. The zero-order chi connectivity index (χ0) is 10.8. The van der Waals surface area contributed by atoms with Crippen LogP contribution in [-0.4, -0.2) is 25.9 Å². The largest absolute Gasteiger partial charge is 0.366 e. The van der Waals surface area contributed by atoms with Crippen LogP contribution in [-0.2, 0) is 6.54 Å². The predicted molar refractivity (Wildman–Crippen MR) is 57.4 cm³/mol. The molecule has 2 aromatic heterocycles. The average molecular weight is 206 g/mol. The van der Waals surface area contributed by atoms with Crippen molar-refractivity contribution >= 4 is 11.5 Å². The summed E-state index contributed by atoms with van der Waals surface area (Å²) in [5.41, 5.74) is 6.24. The Balaban J connectivity index is 2.43. The minimum atomic E-state index is 0.333. The van der Waals surface area contributed by atoms with Gasteiger partial charge in [0.15, 0.2) is 11.5 Å². The number of rotatable bonds is 3. The molecule has 15 heavy (non-hydrogen) atoms. The van der Waals surface area contributed by atoms with Crippen molar-refractivity contribution in [2.75, 3.05) is 5.32 Å². The van der Waals surface area contributed by atoms with Gasteiger partial charge in [0, 0.05) is 6.04 Å². The van der Waals surface area contributed by atoms with Crippen molar-refractivity contribution in [2.45, 2.75) is 26.4 Å². The molecular formula is C9H14N6. The predicted octanol–water partition coefficient (Wildman–Crippen LogP) is 0.403. The highest BCUT2D eigenvalue weighted by Crippen LogP contribution is 2.07. The fourth-order valence-corrected chi connectivity index (χ4v) is 1.33. The van der Waals surface area contributed by atoms with E-state index < -0.39 is 0 Å². The van der Waals surface area contributed by atoms with Gasteiger partial charge in [-0.2, -0.15) is 4.52 Å². The molecule has 0 fully saturated rings. The van der Waals surface area contributed by atoms with Crippen LogP contribution in [0, 0.1) is 0 Å². The number of hydrogen-bond acceptors (Lipinski definition) is 5. The Morgan fingerprint density at radius 3 is 2.87 bits per heavy atom. The topological polar surface area (TPSA) is 81.1 Å². The molecule has 80 valence electrons. The van der Waals surface area contributed by atoms with Gasteiger partial charge in [0.1, 0.15) is 5.82 Å². The molecule has 2 heterocycles. The molecule has 2 aromatic rings. The minimum Gasteiger partial charge on any atom is -0.366 e. The smallest absolute Gasteiger partial charge is 0.178 e. The summed E-state index contributed by atoms with van der Waals surface area (Å²) in [6.45, 7) is 4.45. The number of nitrogens with one attached hydrogen (secondary N) is 1. The molecule has 6 heteroatoms. The Labute approximate surface area is 87.5 Å². The maximum Gasteiger partial charge on any atom is 0.178 e. The quantitative estimate of drug-likeness (QED) is 0.759. The van der Waals surface area contributed by atoms with Gasteiger partial charge >= 0.3 is 0 Å². The molecule has 0 saturated carbocycles. The summed E-state index contributed by atoms with van der Waals surface area (Å²) in [7, 11) is 0. The molecule has 0 bridgehead atoms. The SMILES string of the molecule is CC(C)Nc1ccc2nnc(CN)n2n1. The van der Waals surface area contributed by atoms with Crippen molar-refractivity contribution < 1.29 is 0 Å². The Morgan fingerprint density at radius 2 is 2.20 bits per heavy atom. The fourth-order valence-electron chi connectivity index (χ4n) is 1.33. The molecule has 0 aliphatic rings. The standard InChI is InChI=1S/C9H14N6/c1-6(2)11-7-3-4-8-12-13-9(5-10)15(8)14-7/h3-4,6H,5,10H2,1-2H3,(H,11,14). The molecule has 0 unspecified atom stereocenters. The van der Waals surface area contributed by atoms with E-state index >= 15 is 0 Å². The van der Waals surface area contributed by atoms with E-state index in [-0.39, 0.29) is 0 Å². The normalized spacial score (nSPS) is 11.2. The third-order valence-electron chi connectivity index (χ3n) is 1.95. The first-order valence-corrected chi connectivity index (χ1v) is 4.88. The highest BCUT2D eigenvalue weighted by atomic mass is 15.4. The summed E-state index contributed by atoms with van der Waals surface area (Å²) < 4.78 is 1.66. The van der Waals surface area contributed by atoms with Gasteiger partial charge in [-0.05, 0) is 26.0 Å². The van der Waals surface area contributed by atoms with E-state index in [9.17, 15) is 0 Å². The van der Waals surface area contributed by atoms with Gasteiger partial charge in [0.05, 0.1) is 6.54 Å². The molecule has 0 amide bonds. The van der Waals surface area contributed by atoms with Crippen molar-refractivity contribution in [1.82, 2.24) is 19.8 Å². The van der Waals surface area contributed by atoms with Crippen molar-refractivity contribution in [3.05, 3.63) is 18.0 Å². The zero-order valence-electron chi connectivity index (χ0n) is 8.81. The summed E-state index contributed by atoms with van der Waals surface area (Å²) in [6.07, 6.45) is 0. The lowest BCUT2D eigenvalue weighted by Crippen LogP contribution is -2.13. The summed E-state index contributed by atoms with van der Waals surface area (Å²) in [6, 6.07) is 4.08. The van der Waals surface area contributed by atoms with Crippen molar-refractivity contribution in [2.24, 2.45) is 5.73 Å². The molecule has 0 spiro atoms. The molecule has 6 nitrogen and oxygen atoms in total. The van der Waals surface area contributed by atoms with E-state index in [1.807, 2.05) is 12.1 Å². The number of nitrogens with zero attached hydrogens (tertiary/aromatic N) is 4. The van der Waals surface area contributed by atoms with E-state index in [0.29, 0.717) is 24.1 Å². The zero-order valence-corrected chi connectivity index (χ0v) is 8.81. The van der Waals surface area contributed by atoms with Crippen LogP contribution in [0.15, 0.2) is 12.1 Å². The molecule has 0 aliphatic carbocycles. The number of hydrogen-bond donors (Lipinski definition) is 2. The van der Waals surface area contributed by atoms with Crippen molar-refractivity contribution in [1.29, 1.82) is 0 Å². The highest BCUT2D eigenvalue weighted by Gasteiger charge is 2.05. The van der Waals surface area contributed by atoms with Crippen LogP contribution in [0.25, 0.3) is 5.65 Å². The Morgan fingerprint density at radius 1 is 1.40 bits per heavy atom. The molecule has 0 atom stereocenters. The molecule has 0 saturated heterocycles.